The Morgan fingerprint density at radius 1 is 1.25 bits per heavy atom. The number of nitrogens with zero attached hydrogens (tertiary/aromatic N) is 4. The number of aromatic nitrogens is 3. The highest BCUT2D eigenvalue weighted by Gasteiger charge is 2.31. The van der Waals surface area contributed by atoms with Crippen LogP contribution in [0.4, 0.5) is 0 Å². The number of piperidine rings is 1. The summed E-state index contributed by atoms with van der Waals surface area (Å²) in [7, 11) is 0. The molecule has 0 spiro atoms. The third-order valence-electron chi connectivity index (χ3n) is 5.12. The van der Waals surface area contributed by atoms with Crippen molar-refractivity contribution in [2.75, 3.05) is 13.1 Å². The Bertz CT molecular complexity index is 578. The molecule has 3 rings (SSSR count). The quantitative estimate of drug-likeness (QED) is 0.825. The zero-order valence-corrected chi connectivity index (χ0v) is 13.9. The summed E-state index contributed by atoms with van der Waals surface area (Å²) in [6.45, 7) is 4.70. The normalized spacial score (nSPS) is 27.8. The molecule has 1 saturated heterocycles. The second kappa shape index (κ2) is 7.59. The second-order valence-electron chi connectivity index (χ2n) is 6.75. The van der Waals surface area contributed by atoms with E-state index in [1.807, 2.05) is 0 Å². The number of likely N-dealkylation sites (tertiary alicyclic amines) is 1. The smallest absolute Gasteiger partial charge is 0.225 e. The van der Waals surface area contributed by atoms with Gasteiger partial charge in [0.2, 0.25) is 11.8 Å². The first kappa shape index (κ1) is 16.7. The lowest BCUT2D eigenvalue weighted by Crippen LogP contribution is -2.48. The second-order valence-corrected chi connectivity index (χ2v) is 6.75. The summed E-state index contributed by atoms with van der Waals surface area (Å²) in [6, 6.07) is 0.666. The van der Waals surface area contributed by atoms with E-state index in [1.165, 1.54) is 0 Å². The van der Waals surface area contributed by atoms with Crippen molar-refractivity contribution in [3.63, 3.8) is 0 Å². The van der Waals surface area contributed by atoms with Crippen LogP contribution in [0.2, 0.25) is 0 Å². The number of hydrogen-bond acceptors (Lipinski definition) is 4. The first-order chi connectivity index (χ1) is 11.7. The zero-order valence-electron chi connectivity index (χ0n) is 13.9. The predicted molar refractivity (Wildman–Crippen MR) is 89.0 cm³/mol. The summed E-state index contributed by atoms with van der Waals surface area (Å²) < 4.78 is 2.05. The van der Waals surface area contributed by atoms with E-state index in [9.17, 15) is 9.59 Å². The Kier molecular flexibility index (Phi) is 5.27. The van der Waals surface area contributed by atoms with Gasteiger partial charge in [-0.2, -0.15) is 0 Å². The number of rotatable bonds is 5. The van der Waals surface area contributed by atoms with Gasteiger partial charge in [-0.1, -0.05) is 6.08 Å². The van der Waals surface area contributed by atoms with E-state index in [0.29, 0.717) is 32.0 Å². The lowest BCUT2D eigenvalue weighted by Gasteiger charge is -2.34. The minimum atomic E-state index is -0.0989. The van der Waals surface area contributed by atoms with E-state index in [0.717, 1.165) is 25.7 Å². The van der Waals surface area contributed by atoms with Crippen molar-refractivity contribution < 1.29 is 9.59 Å². The van der Waals surface area contributed by atoms with Gasteiger partial charge in [0.25, 0.3) is 0 Å². The Labute approximate surface area is 142 Å². The summed E-state index contributed by atoms with van der Waals surface area (Å²) in [6.07, 6.45) is 10.3. The van der Waals surface area contributed by atoms with Gasteiger partial charge in [0.1, 0.15) is 12.7 Å². The first-order valence-corrected chi connectivity index (χ1v) is 8.70. The van der Waals surface area contributed by atoms with E-state index in [4.69, 9.17) is 0 Å². The van der Waals surface area contributed by atoms with Crippen LogP contribution in [0.1, 0.15) is 44.6 Å². The Hall–Kier alpha value is -2.18. The lowest BCUT2D eigenvalue weighted by atomic mass is 9.90. The maximum Gasteiger partial charge on any atom is 0.225 e. The maximum absolute atomic E-state index is 12.5. The van der Waals surface area contributed by atoms with Gasteiger partial charge in [0, 0.05) is 31.6 Å². The fourth-order valence-electron chi connectivity index (χ4n) is 3.70. The molecule has 1 saturated carbocycles. The zero-order chi connectivity index (χ0) is 16.9. The highest BCUT2D eigenvalue weighted by atomic mass is 16.2. The minimum Gasteiger partial charge on any atom is -0.353 e. The summed E-state index contributed by atoms with van der Waals surface area (Å²) in [4.78, 5) is 26.1. The molecule has 0 aromatic carbocycles. The number of carbonyl (C=O) groups is 2. The SMILES string of the molecule is C=CCN1CC(C(=O)NC2CCC(n3cnnc3)CC2)CCC1=O. The van der Waals surface area contributed by atoms with Gasteiger partial charge in [-0.05, 0) is 32.1 Å². The molecule has 130 valence electrons. The standard InChI is InChI=1S/C17H25N5O2/c1-2-9-21-10-13(3-8-16(21)23)17(24)20-14-4-6-15(7-5-14)22-11-18-19-12-22/h2,11-15H,1,3-10H2,(H,20,24). The van der Waals surface area contributed by atoms with Crippen molar-refractivity contribution in [3.8, 4) is 0 Å². The molecular weight excluding hydrogens is 306 g/mol. The van der Waals surface area contributed by atoms with Gasteiger partial charge in [-0.15, -0.1) is 16.8 Å². The molecule has 1 unspecified atom stereocenters. The van der Waals surface area contributed by atoms with E-state index in [-0.39, 0.29) is 23.8 Å². The highest BCUT2D eigenvalue weighted by Crippen LogP contribution is 2.28. The van der Waals surface area contributed by atoms with Gasteiger partial charge in [-0.25, -0.2) is 0 Å². The summed E-state index contributed by atoms with van der Waals surface area (Å²) in [5.41, 5.74) is 0. The summed E-state index contributed by atoms with van der Waals surface area (Å²) >= 11 is 0. The molecule has 1 aromatic rings. The average molecular weight is 331 g/mol. The van der Waals surface area contributed by atoms with E-state index >= 15 is 0 Å². The number of nitrogens with one attached hydrogen (secondary N) is 1. The van der Waals surface area contributed by atoms with Crippen LogP contribution in [-0.4, -0.2) is 50.6 Å². The number of hydrogen-bond donors (Lipinski definition) is 1. The highest BCUT2D eigenvalue weighted by molar-refractivity contribution is 5.84. The molecule has 24 heavy (non-hydrogen) atoms. The molecule has 1 N–H and O–H groups in total. The molecule has 7 heteroatoms. The van der Waals surface area contributed by atoms with Crippen molar-refractivity contribution in [2.24, 2.45) is 5.92 Å². The minimum absolute atomic E-state index is 0.0873. The van der Waals surface area contributed by atoms with Crippen LogP contribution in [0.5, 0.6) is 0 Å². The molecule has 2 fully saturated rings. The monoisotopic (exact) mass is 331 g/mol. The third-order valence-corrected chi connectivity index (χ3v) is 5.12. The molecule has 7 nitrogen and oxygen atoms in total. The van der Waals surface area contributed by atoms with Crippen molar-refractivity contribution in [1.29, 1.82) is 0 Å². The van der Waals surface area contributed by atoms with Crippen molar-refractivity contribution in [1.82, 2.24) is 25.0 Å². The van der Waals surface area contributed by atoms with E-state index < -0.39 is 0 Å². The van der Waals surface area contributed by atoms with Crippen molar-refractivity contribution >= 4 is 11.8 Å². The first-order valence-electron chi connectivity index (χ1n) is 8.70. The lowest BCUT2D eigenvalue weighted by molar-refractivity contribution is -0.138. The Balaban J connectivity index is 1.47. The molecule has 0 radical (unpaired) electrons. The maximum atomic E-state index is 12.5. The van der Waals surface area contributed by atoms with Gasteiger partial charge in [0.05, 0.1) is 5.92 Å². The van der Waals surface area contributed by atoms with Crippen LogP contribution >= 0.6 is 0 Å². The van der Waals surface area contributed by atoms with Gasteiger partial charge >= 0.3 is 0 Å². The Morgan fingerprint density at radius 3 is 2.62 bits per heavy atom. The van der Waals surface area contributed by atoms with Crippen LogP contribution in [0.3, 0.4) is 0 Å². The fourth-order valence-corrected chi connectivity index (χ4v) is 3.70. The Morgan fingerprint density at radius 2 is 1.96 bits per heavy atom. The molecule has 2 heterocycles. The molecule has 1 aliphatic carbocycles. The molecule has 0 bridgehead atoms. The van der Waals surface area contributed by atoms with E-state index in [2.05, 4.69) is 26.7 Å². The van der Waals surface area contributed by atoms with Crippen LogP contribution in [0, 0.1) is 5.92 Å². The largest absolute Gasteiger partial charge is 0.353 e. The molecule has 1 atom stereocenters. The van der Waals surface area contributed by atoms with Gasteiger partial charge < -0.3 is 14.8 Å². The topological polar surface area (TPSA) is 80.1 Å². The summed E-state index contributed by atoms with van der Waals surface area (Å²) in [5.74, 6) is 0.107. The van der Waals surface area contributed by atoms with Crippen molar-refractivity contribution in [3.05, 3.63) is 25.3 Å². The third kappa shape index (κ3) is 3.83. The molecule has 2 aliphatic rings. The van der Waals surface area contributed by atoms with Gasteiger partial charge in [0.15, 0.2) is 0 Å². The summed E-state index contributed by atoms with van der Waals surface area (Å²) in [5, 5.41) is 10.9. The van der Waals surface area contributed by atoms with E-state index in [1.54, 1.807) is 23.6 Å². The molecule has 1 aromatic heterocycles. The molecule has 2 amide bonds. The fraction of sp³-hybridized carbons (Fsp3) is 0.647. The van der Waals surface area contributed by atoms with Crippen LogP contribution in [0.15, 0.2) is 25.3 Å². The molecule has 1 aliphatic heterocycles. The average Bonchev–Trinajstić information content (AvgIpc) is 3.12. The van der Waals surface area contributed by atoms with Crippen molar-refractivity contribution in [2.45, 2.75) is 50.6 Å². The van der Waals surface area contributed by atoms with Crippen LogP contribution in [0.25, 0.3) is 0 Å². The number of carbonyl (C=O) groups excluding carboxylic acids is 2. The van der Waals surface area contributed by atoms with Crippen LogP contribution < -0.4 is 5.32 Å². The predicted octanol–water partition coefficient (Wildman–Crippen LogP) is 1.30. The molecular formula is C17H25N5O2. The van der Waals surface area contributed by atoms with Crippen LogP contribution in [-0.2, 0) is 9.59 Å². The number of amides is 2. The van der Waals surface area contributed by atoms with Gasteiger partial charge in [-0.3, -0.25) is 9.59 Å².